The Bertz CT molecular complexity index is 599. The molecule has 20 heavy (non-hydrogen) atoms. The van der Waals surface area contributed by atoms with Gasteiger partial charge in [-0.05, 0) is 48.2 Å². The zero-order valence-corrected chi connectivity index (χ0v) is 12.9. The van der Waals surface area contributed by atoms with Crippen LogP contribution in [-0.4, -0.2) is 6.04 Å². The molecule has 2 aromatic carbocycles. The van der Waals surface area contributed by atoms with E-state index in [-0.39, 0.29) is 6.04 Å². The second-order valence-electron chi connectivity index (χ2n) is 4.68. The van der Waals surface area contributed by atoms with Gasteiger partial charge in [0, 0.05) is 21.6 Å². The van der Waals surface area contributed by atoms with E-state index in [0.29, 0.717) is 23.4 Å². The minimum atomic E-state index is -0.589. The molecule has 0 saturated carbocycles. The first kappa shape index (κ1) is 15.4. The Hall–Kier alpha value is -0.970. The molecular formula is C15H13BrClF2N. The fourth-order valence-corrected chi connectivity index (χ4v) is 2.82. The maximum absolute atomic E-state index is 13.1. The number of hydrogen-bond acceptors (Lipinski definition) is 1. The van der Waals surface area contributed by atoms with Crippen molar-refractivity contribution in [2.75, 3.05) is 0 Å². The van der Waals surface area contributed by atoms with E-state index in [1.54, 1.807) is 6.07 Å². The van der Waals surface area contributed by atoms with Crippen molar-refractivity contribution in [3.8, 4) is 0 Å². The summed E-state index contributed by atoms with van der Waals surface area (Å²) in [6, 6.07) is 8.76. The number of hydrogen-bond donors (Lipinski definition) is 1. The molecule has 106 valence electrons. The van der Waals surface area contributed by atoms with E-state index in [4.69, 9.17) is 17.3 Å². The highest BCUT2D eigenvalue weighted by molar-refractivity contribution is 9.10. The van der Waals surface area contributed by atoms with Gasteiger partial charge < -0.3 is 5.73 Å². The van der Waals surface area contributed by atoms with Crippen molar-refractivity contribution in [3.63, 3.8) is 0 Å². The molecule has 0 aromatic heterocycles. The van der Waals surface area contributed by atoms with Gasteiger partial charge in [0.15, 0.2) is 0 Å². The first-order valence-corrected chi connectivity index (χ1v) is 7.25. The lowest BCUT2D eigenvalue weighted by Gasteiger charge is -2.13. The third-order valence-electron chi connectivity index (χ3n) is 2.92. The van der Waals surface area contributed by atoms with Gasteiger partial charge in [0.05, 0.1) is 0 Å². The Balaban J connectivity index is 2.06. The van der Waals surface area contributed by atoms with Gasteiger partial charge in [-0.3, -0.25) is 0 Å². The Morgan fingerprint density at radius 1 is 1.05 bits per heavy atom. The Morgan fingerprint density at radius 3 is 2.30 bits per heavy atom. The van der Waals surface area contributed by atoms with Crippen LogP contribution in [0.15, 0.2) is 40.9 Å². The molecule has 2 N–H and O–H groups in total. The van der Waals surface area contributed by atoms with Crippen LogP contribution in [0.3, 0.4) is 0 Å². The third kappa shape index (κ3) is 4.27. The van der Waals surface area contributed by atoms with Crippen LogP contribution in [0, 0.1) is 11.6 Å². The van der Waals surface area contributed by atoms with E-state index in [1.807, 2.05) is 12.1 Å². The van der Waals surface area contributed by atoms with Crippen LogP contribution in [0.4, 0.5) is 8.78 Å². The lowest BCUT2D eigenvalue weighted by Crippen LogP contribution is -2.25. The van der Waals surface area contributed by atoms with Crippen molar-refractivity contribution in [1.82, 2.24) is 0 Å². The van der Waals surface area contributed by atoms with E-state index >= 15 is 0 Å². The fraction of sp³-hybridized carbons (Fsp3) is 0.200. The van der Waals surface area contributed by atoms with Gasteiger partial charge in [-0.1, -0.05) is 33.6 Å². The topological polar surface area (TPSA) is 26.0 Å². The second-order valence-corrected chi connectivity index (χ2v) is 6.00. The van der Waals surface area contributed by atoms with Gasteiger partial charge in [-0.15, -0.1) is 0 Å². The maximum Gasteiger partial charge on any atom is 0.126 e. The standard InChI is InChI=1S/C15H13BrClF2N/c16-11-2-1-10(15(17)7-11)6-14(20)5-9-3-12(18)8-13(19)4-9/h1-4,7-8,14H,5-6,20H2. The minimum Gasteiger partial charge on any atom is -0.327 e. The number of nitrogens with two attached hydrogens (primary N) is 1. The molecule has 0 radical (unpaired) electrons. The molecular weight excluding hydrogens is 348 g/mol. The monoisotopic (exact) mass is 359 g/mol. The van der Waals surface area contributed by atoms with Crippen molar-refractivity contribution in [2.45, 2.75) is 18.9 Å². The lowest BCUT2D eigenvalue weighted by molar-refractivity contribution is 0.574. The Kier molecular flexibility index (Phi) is 5.13. The largest absolute Gasteiger partial charge is 0.327 e. The molecule has 0 aliphatic heterocycles. The zero-order valence-electron chi connectivity index (χ0n) is 10.5. The summed E-state index contributed by atoms with van der Waals surface area (Å²) in [6.45, 7) is 0. The van der Waals surface area contributed by atoms with Gasteiger partial charge in [0.25, 0.3) is 0 Å². The highest BCUT2D eigenvalue weighted by Crippen LogP contribution is 2.23. The quantitative estimate of drug-likeness (QED) is 0.854. The summed E-state index contributed by atoms with van der Waals surface area (Å²) in [6.07, 6.45) is 0.936. The van der Waals surface area contributed by atoms with Crippen LogP contribution >= 0.6 is 27.5 Å². The molecule has 2 aromatic rings. The van der Waals surface area contributed by atoms with Crippen LogP contribution in [0.25, 0.3) is 0 Å². The zero-order chi connectivity index (χ0) is 14.7. The van der Waals surface area contributed by atoms with Crippen molar-refractivity contribution in [3.05, 3.63) is 68.7 Å². The molecule has 0 amide bonds. The van der Waals surface area contributed by atoms with Crippen molar-refractivity contribution in [1.29, 1.82) is 0 Å². The molecule has 1 atom stereocenters. The summed E-state index contributed by atoms with van der Waals surface area (Å²) < 4.78 is 27.1. The minimum absolute atomic E-state index is 0.255. The van der Waals surface area contributed by atoms with E-state index < -0.39 is 11.6 Å². The van der Waals surface area contributed by atoms with Crippen LogP contribution in [0.2, 0.25) is 5.02 Å². The van der Waals surface area contributed by atoms with E-state index in [0.717, 1.165) is 16.1 Å². The average molecular weight is 361 g/mol. The molecule has 1 unspecified atom stereocenters. The van der Waals surface area contributed by atoms with Gasteiger partial charge >= 0.3 is 0 Å². The molecule has 0 aliphatic rings. The lowest BCUT2D eigenvalue weighted by atomic mass is 9.99. The van der Waals surface area contributed by atoms with Crippen LogP contribution in [0.5, 0.6) is 0 Å². The fourth-order valence-electron chi connectivity index (χ4n) is 2.07. The normalized spacial score (nSPS) is 12.4. The van der Waals surface area contributed by atoms with Crippen LogP contribution in [0.1, 0.15) is 11.1 Å². The van der Waals surface area contributed by atoms with Crippen molar-refractivity contribution < 1.29 is 8.78 Å². The van der Waals surface area contributed by atoms with E-state index in [9.17, 15) is 8.78 Å². The molecule has 5 heteroatoms. The second kappa shape index (κ2) is 6.66. The summed E-state index contributed by atoms with van der Waals surface area (Å²) in [4.78, 5) is 0. The number of benzene rings is 2. The average Bonchev–Trinajstić information content (AvgIpc) is 2.31. The third-order valence-corrected chi connectivity index (χ3v) is 3.76. The van der Waals surface area contributed by atoms with Gasteiger partial charge in [0.1, 0.15) is 11.6 Å². The van der Waals surface area contributed by atoms with Crippen LogP contribution in [-0.2, 0) is 12.8 Å². The number of rotatable bonds is 4. The van der Waals surface area contributed by atoms with Crippen LogP contribution < -0.4 is 5.73 Å². The molecule has 0 spiro atoms. The molecule has 0 saturated heterocycles. The Morgan fingerprint density at radius 2 is 1.70 bits per heavy atom. The summed E-state index contributed by atoms with van der Waals surface area (Å²) in [7, 11) is 0. The molecule has 0 heterocycles. The van der Waals surface area contributed by atoms with E-state index in [1.165, 1.54) is 12.1 Å². The number of halogens is 4. The van der Waals surface area contributed by atoms with Gasteiger partial charge in [-0.25, -0.2) is 8.78 Å². The van der Waals surface area contributed by atoms with Crippen molar-refractivity contribution in [2.24, 2.45) is 5.73 Å². The summed E-state index contributed by atoms with van der Waals surface area (Å²) in [5.41, 5.74) is 7.49. The smallest absolute Gasteiger partial charge is 0.126 e. The summed E-state index contributed by atoms with van der Waals surface area (Å²) >= 11 is 9.45. The SMILES string of the molecule is NC(Cc1cc(F)cc(F)c1)Cc1ccc(Br)cc1Cl. The highest BCUT2D eigenvalue weighted by atomic mass is 79.9. The predicted molar refractivity (Wildman–Crippen MR) is 80.9 cm³/mol. The molecule has 2 rings (SSSR count). The summed E-state index contributed by atoms with van der Waals surface area (Å²) in [5.74, 6) is -1.18. The first-order valence-electron chi connectivity index (χ1n) is 6.08. The van der Waals surface area contributed by atoms with Gasteiger partial charge in [0.2, 0.25) is 0 Å². The first-order chi connectivity index (χ1) is 9.44. The molecule has 0 bridgehead atoms. The predicted octanol–water partition coefficient (Wildman–Crippen LogP) is 4.49. The van der Waals surface area contributed by atoms with E-state index in [2.05, 4.69) is 15.9 Å². The highest BCUT2D eigenvalue weighted by Gasteiger charge is 2.10. The molecule has 1 nitrogen and oxygen atoms in total. The van der Waals surface area contributed by atoms with Gasteiger partial charge in [-0.2, -0.15) is 0 Å². The Labute approximate surface area is 129 Å². The maximum atomic E-state index is 13.1. The molecule has 0 aliphatic carbocycles. The summed E-state index contributed by atoms with van der Waals surface area (Å²) in [5, 5.41) is 0.625. The van der Waals surface area contributed by atoms with Crippen molar-refractivity contribution >= 4 is 27.5 Å². The molecule has 0 fully saturated rings.